The van der Waals surface area contributed by atoms with E-state index in [-0.39, 0.29) is 23.8 Å². The first kappa shape index (κ1) is 18.4. The number of thiazole rings is 1. The van der Waals surface area contributed by atoms with Gasteiger partial charge in [-0.15, -0.1) is 0 Å². The Kier molecular flexibility index (Phi) is 4.90. The third kappa shape index (κ3) is 3.46. The van der Waals surface area contributed by atoms with Crippen LogP contribution in [0.2, 0.25) is 0 Å². The zero-order chi connectivity index (χ0) is 19.1. The minimum absolute atomic E-state index is 0.0203. The van der Waals surface area contributed by atoms with Gasteiger partial charge in [0, 0.05) is 12.6 Å². The molecule has 2 amide bonds. The van der Waals surface area contributed by atoms with Crippen LogP contribution in [0.4, 0.5) is 5.82 Å². The molecule has 0 bridgehead atoms. The molecule has 27 heavy (non-hydrogen) atoms. The minimum atomic E-state index is -0.191. The van der Waals surface area contributed by atoms with Crippen LogP contribution in [0.3, 0.4) is 0 Å². The fourth-order valence-electron chi connectivity index (χ4n) is 4.09. The number of aryl methyl sites for hydroxylation is 1. The minimum Gasteiger partial charge on any atom is -0.347 e. The van der Waals surface area contributed by atoms with Crippen molar-refractivity contribution in [3.63, 3.8) is 0 Å². The van der Waals surface area contributed by atoms with Crippen molar-refractivity contribution in [1.29, 1.82) is 0 Å². The molecule has 142 valence electrons. The van der Waals surface area contributed by atoms with E-state index in [1.165, 1.54) is 16.9 Å². The molecule has 2 N–H and O–H groups in total. The van der Waals surface area contributed by atoms with E-state index in [2.05, 4.69) is 17.6 Å². The molecule has 1 fully saturated rings. The Morgan fingerprint density at radius 1 is 1.33 bits per heavy atom. The van der Waals surface area contributed by atoms with Gasteiger partial charge in [0.15, 0.2) is 3.95 Å². The Morgan fingerprint density at radius 3 is 2.81 bits per heavy atom. The Hall–Kier alpha value is -1.99. The lowest BCUT2D eigenvalue weighted by atomic mass is 9.77. The lowest BCUT2D eigenvalue weighted by Crippen LogP contribution is -2.41. The number of carbonyl (C=O) groups is 2. The number of anilines is 1. The number of carbonyl (C=O) groups excluding carboxylic acids is 2. The standard InChI is InChI=1S/C20H23N3O2S2/c1-11-3-6-13(7-4-11)10-21-19(25)16-17-22-18(24)14-9-12(2)5-8-15(14)23(17)20(26)27-16/h3-4,6-7,12,14-15H,5,8-10H2,1-2H3,(H,21,25)(H,22,24). The zero-order valence-corrected chi connectivity index (χ0v) is 17.1. The summed E-state index contributed by atoms with van der Waals surface area (Å²) in [6.07, 6.45) is 2.89. The van der Waals surface area contributed by atoms with Crippen molar-refractivity contribution in [2.45, 2.75) is 45.7 Å². The Balaban J connectivity index is 1.58. The predicted octanol–water partition coefficient (Wildman–Crippen LogP) is 4.45. The van der Waals surface area contributed by atoms with Crippen molar-refractivity contribution in [1.82, 2.24) is 9.88 Å². The van der Waals surface area contributed by atoms with Gasteiger partial charge in [0.25, 0.3) is 5.91 Å². The predicted molar refractivity (Wildman–Crippen MR) is 110 cm³/mol. The zero-order valence-electron chi connectivity index (χ0n) is 15.5. The number of nitrogens with zero attached hydrogens (tertiary/aromatic N) is 1. The average molecular weight is 402 g/mol. The molecule has 0 spiro atoms. The van der Waals surface area contributed by atoms with Gasteiger partial charge in [0.1, 0.15) is 10.7 Å². The van der Waals surface area contributed by atoms with E-state index in [1.807, 2.05) is 35.8 Å². The lowest BCUT2D eigenvalue weighted by Gasteiger charge is -2.39. The summed E-state index contributed by atoms with van der Waals surface area (Å²) in [6, 6.07) is 8.13. The fourth-order valence-corrected chi connectivity index (χ4v) is 5.48. The first-order valence-electron chi connectivity index (χ1n) is 9.34. The third-order valence-corrected chi connectivity index (χ3v) is 7.01. The molecule has 2 aliphatic rings. The van der Waals surface area contributed by atoms with E-state index >= 15 is 0 Å². The average Bonchev–Trinajstić information content (AvgIpc) is 2.98. The number of fused-ring (bicyclic) bond motifs is 3. The first-order chi connectivity index (χ1) is 12.9. The van der Waals surface area contributed by atoms with Crippen LogP contribution in [0, 0.1) is 22.7 Å². The summed E-state index contributed by atoms with van der Waals surface area (Å²) in [5.74, 6) is 0.900. The molecule has 5 nitrogen and oxygen atoms in total. The topological polar surface area (TPSA) is 63.1 Å². The maximum Gasteiger partial charge on any atom is 0.265 e. The molecular weight excluding hydrogens is 378 g/mol. The summed E-state index contributed by atoms with van der Waals surface area (Å²) in [5, 5.41) is 5.92. The van der Waals surface area contributed by atoms with Crippen LogP contribution in [0.25, 0.3) is 0 Å². The number of nitrogens with one attached hydrogen (secondary N) is 2. The SMILES string of the molecule is Cc1ccc(CNC(=O)c2sc(=S)n3c2NC(=O)C2CC(C)CCC23)cc1. The normalized spacial score (nSPS) is 23.9. The second-order valence-electron chi connectivity index (χ2n) is 7.67. The van der Waals surface area contributed by atoms with Crippen LogP contribution in [0.1, 0.15) is 53.0 Å². The van der Waals surface area contributed by atoms with E-state index in [0.29, 0.717) is 27.1 Å². The largest absolute Gasteiger partial charge is 0.347 e. The quantitative estimate of drug-likeness (QED) is 0.747. The highest BCUT2D eigenvalue weighted by atomic mass is 32.1. The Morgan fingerprint density at radius 2 is 2.07 bits per heavy atom. The van der Waals surface area contributed by atoms with Gasteiger partial charge < -0.3 is 15.2 Å². The molecule has 0 radical (unpaired) electrons. The van der Waals surface area contributed by atoms with Gasteiger partial charge in [0.2, 0.25) is 5.91 Å². The van der Waals surface area contributed by atoms with Gasteiger partial charge in [-0.3, -0.25) is 9.59 Å². The van der Waals surface area contributed by atoms with Gasteiger partial charge >= 0.3 is 0 Å². The monoisotopic (exact) mass is 401 g/mol. The number of benzene rings is 1. The van der Waals surface area contributed by atoms with Crippen molar-refractivity contribution in [3.8, 4) is 0 Å². The van der Waals surface area contributed by atoms with E-state index in [9.17, 15) is 9.59 Å². The number of aromatic nitrogens is 1. The molecule has 1 saturated carbocycles. The highest BCUT2D eigenvalue weighted by molar-refractivity contribution is 7.73. The lowest BCUT2D eigenvalue weighted by molar-refractivity contribution is -0.123. The Bertz CT molecular complexity index is 945. The molecule has 3 atom stereocenters. The number of hydrogen-bond acceptors (Lipinski definition) is 4. The molecule has 2 heterocycles. The summed E-state index contributed by atoms with van der Waals surface area (Å²) in [4.78, 5) is 25.9. The van der Waals surface area contributed by atoms with Crippen LogP contribution in [-0.2, 0) is 11.3 Å². The van der Waals surface area contributed by atoms with Crippen LogP contribution >= 0.6 is 23.6 Å². The number of amides is 2. The van der Waals surface area contributed by atoms with Crippen LogP contribution in [0.5, 0.6) is 0 Å². The van der Waals surface area contributed by atoms with Gasteiger partial charge in [-0.1, -0.05) is 48.1 Å². The summed E-state index contributed by atoms with van der Waals surface area (Å²) < 4.78 is 2.67. The summed E-state index contributed by atoms with van der Waals surface area (Å²) in [6.45, 7) is 4.67. The smallest absolute Gasteiger partial charge is 0.265 e. The van der Waals surface area contributed by atoms with Crippen LogP contribution in [-0.4, -0.2) is 16.4 Å². The second-order valence-corrected chi connectivity index (χ2v) is 9.31. The van der Waals surface area contributed by atoms with Gasteiger partial charge in [0.05, 0.1) is 5.92 Å². The van der Waals surface area contributed by atoms with Crippen molar-refractivity contribution in [3.05, 3.63) is 44.2 Å². The molecule has 0 saturated heterocycles. The van der Waals surface area contributed by atoms with Gasteiger partial charge in [-0.25, -0.2) is 0 Å². The van der Waals surface area contributed by atoms with Crippen LogP contribution in [0.15, 0.2) is 24.3 Å². The molecule has 1 aliphatic carbocycles. The molecule has 1 aromatic heterocycles. The van der Waals surface area contributed by atoms with Crippen LogP contribution < -0.4 is 10.6 Å². The number of rotatable bonds is 3. The Labute approximate surface area is 167 Å². The van der Waals surface area contributed by atoms with Crippen molar-refractivity contribution < 1.29 is 9.59 Å². The molecule has 7 heteroatoms. The summed E-state index contributed by atoms with van der Waals surface area (Å²) in [5.41, 5.74) is 2.22. The molecule has 2 aromatic rings. The molecular formula is C20H23N3O2S2. The van der Waals surface area contributed by atoms with Crippen molar-refractivity contribution in [2.75, 3.05) is 5.32 Å². The molecule has 1 aliphatic heterocycles. The maximum atomic E-state index is 12.8. The summed E-state index contributed by atoms with van der Waals surface area (Å²) >= 11 is 6.84. The highest BCUT2D eigenvalue weighted by Gasteiger charge is 2.41. The van der Waals surface area contributed by atoms with E-state index in [1.54, 1.807) is 0 Å². The number of hydrogen-bond donors (Lipinski definition) is 2. The molecule has 3 unspecified atom stereocenters. The highest BCUT2D eigenvalue weighted by Crippen LogP contribution is 2.44. The molecule has 4 rings (SSSR count). The fraction of sp³-hybridized carbons (Fsp3) is 0.450. The maximum absolute atomic E-state index is 12.8. The third-order valence-electron chi connectivity index (χ3n) is 5.61. The summed E-state index contributed by atoms with van der Waals surface area (Å²) in [7, 11) is 0. The van der Waals surface area contributed by atoms with Crippen molar-refractivity contribution in [2.24, 2.45) is 11.8 Å². The second kappa shape index (κ2) is 7.20. The van der Waals surface area contributed by atoms with Gasteiger partial charge in [-0.05, 0) is 49.9 Å². The van der Waals surface area contributed by atoms with Gasteiger partial charge in [-0.2, -0.15) is 0 Å². The first-order valence-corrected chi connectivity index (χ1v) is 10.6. The van der Waals surface area contributed by atoms with Crippen molar-refractivity contribution >= 4 is 41.2 Å². The van der Waals surface area contributed by atoms with E-state index in [4.69, 9.17) is 12.2 Å². The van der Waals surface area contributed by atoms with E-state index in [0.717, 1.165) is 24.8 Å². The van der Waals surface area contributed by atoms with E-state index < -0.39 is 0 Å². The molecule has 1 aromatic carbocycles.